The molecule has 0 unspecified atom stereocenters. The molecule has 9 nitrogen and oxygen atoms in total. The van der Waals surface area contributed by atoms with Gasteiger partial charge in [-0.15, -0.1) is 0 Å². The van der Waals surface area contributed by atoms with E-state index in [1.165, 1.54) is 25.4 Å². The minimum absolute atomic E-state index is 0.108. The van der Waals surface area contributed by atoms with Crippen molar-refractivity contribution < 1.29 is 28.6 Å². The zero-order chi connectivity index (χ0) is 22.0. The highest BCUT2D eigenvalue weighted by Crippen LogP contribution is 2.31. The molecule has 0 spiro atoms. The van der Waals surface area contributed by atoms with Crippen molar-refractivity contribution in [2.75, 3.05) is 25.6 Å². The predicted octanol–water partition coefficient (Wildman–Crippen LogP) is 2.35. The smallest absolute Gasteiger partial charge is 0.325 e. The molecule has 0 radical (unpaired) electrons. The molecule has 1 aromatic heterocycles. The number of carbonyl (C=O) groups is 3. The minimum Gasteiger partial charge on any atom is -0.486 e. The Kier molecular flexibility index (Phi) is 5.72. The van der Waals surface area contributed by atoms with E-state index in [1.807, 2.05) is 0 Å². The first kappa shape index (κ1) is 20.6. The maximum atomic E-state index is 12.9. The quantitative estimate of drug-likeness (QED) is 0.623. The van der Waals surface area contributed by atoms with Crippen LogP contribution < -0.4 is 19.6 Å². The van der Waals surface area contributed by atoms with Crippen LogP contribution in [-0.2, 0) is 20.9 Å². The summed E-state index contributed by atoms with van der Waals surface area (Å²) in [7, 11) is 1.30. The molecule has 3 aromatic rings. The van der Waals surface area contributed by atoms with Crippen LogP contribution in [0.5, 0.6) is 11.5 Å². The number of nitrogens with one attached hydrogen (secondary N) is 1. The third-order valence-electron chi connectivity index (χ3n) is 4.50. The zero-order valence-electron chi connectivity index (χ0n) is 16.8. The fourth-order valence-electron chi connectivity index (χ4n) is 3.11. The molecule has 0 saturated heterocycles. The number of methoxy groups -OCH3 is 1. The molecular formula is C21H19N3O6S. The van der Waals surface area contributed by atoms with E-state index in [2.05, 4.69) is 10.3 Å². The topological polar surface area (TPSA) is 108 Å². The van der Waals surface area contributed by atoms with Gasteiger partial charge >= 0.3 is 5.97 Å². The summed E-state index contributed by atoms with van der Waals surface area (Å²) in [6, 6.07) is 10.1. The summed E-state index contributed by atoms with van der Waals surface area (Å²) >= 11 is 1.23. The Morgan fingerprint density at radius 2 is 1.90 bits per heavy atom. The number of hydrogen-bond donors (Lipinski definition) is 1. The molecule has 2 aromatic carbocycles. The average Bonchev–Trinajstić information content (AvgIpc) is 3.08. The van der Waals surface area contributed by atoms with Gasteiger partial charge in [0.2, 0.25) is 5.91 Å². The van der Waals surface area contributed by atoms with E-state index in [-0.39, 0.29) is 12.5 Å². The van der Waals surface area contributed by atoms with Gasteiger partial charge in [0, 0.05) is 18.2 Å². The number of nitrogens with zero attached hydrogens (tertiary/aromatic N) is 2. The number of rotatable bonds is 4. The molecule has 31 heavy (non-hydrogen) atoms. The number of esters is 1. The summed E-state index contributed by atoms with van der Waals surface area (Å²) in [5, 5.41) is 2.72. The van der Waals surface area contributed by atoms with Crippen LogP contribution in [-0.4, -0.2) is 42.7 Å². The molecule has 0 saturated carbocycles. The lowest BCUT2D eigenvalue weighted by atomic mass is 10.2. The molecule has 2 amide bonds. The summed E-state index contributed by atoms with van der Waals surface area (Å²) in [4.78, 5) is 40.7. The molecule has 1 aliphatic rings. The van der Waals surface area contributed by atoms with E-state index < -0.39 is 11.9 Å². The Morgan fingerprint density at radius 1 is 1.13 bits per heavy atom. The van der Waals surface area contributed by atoms with Crippen LogP contribution in [0.25, 0.3) is 10.2 Å². The highest BCUT2D eigenvalue weighted by Gasteiger charge is 2.16. The van der Waals surface area contributed by atoms with Gasteiger partial charge in [-0.05, 0) is 36.4 Å². The first-order valence-electron chi connectivity index (χ1n) is 9.41. The first-order valence-corrected chi connectivity index (χ1v) is 10.2. The summed E-state index contributed by atoms with van der Waals surface area (Å²) in [5.41, 5.74) is 1.64. The van der Waals surface area contributed by atoms with Gasteiger partial charge in [0.1, 0.15) is 19.8 Å². The van der Waals surface area contributed by atoms with Crippen molar-refractivity contribution in [3.05, 3.63) is 46.8 Å². The third-order valence-corrected chi connectivity index (χ3v) is 5.55. The van der Waals surface area contributed by atoms with Gasteiger partial charge in [-0.25, -0.2) is 0 Å². The highest BCUT2D eigenvalue weighted by atomic mass is 32.1. The van der Waals surface area contributed by atoms with Crippen LogP contribution >= 0.6 is 11.3 Å². The lowest BCUT2D eigenvalue weighted by Gasteiger charge is -2.18. The second-order valence-electron chi connectivity index (χ2n) is 6.69. The average molecular weight is 441 g/mol. The summed E-state index contributed by atoms with van der Waals surface area (Å²) in [6.07, 6.45) is 0. The van der Waals surface area contributed by atoms with Gasteiger partial charge in [-0.3, -0.25) is 14.4 Å². The van der Waals surface area contributed by atoms with Crippen LogP contribution in [0.1, 0.15) is 17.3 Å². The number of benzene rings is 2. The van der Waals surface area contributed by atoms with E-state index >= 15 is 0 Å². The number of anilines is 1. The first-order chi connectivity index (χ1) is 14.9. The van der Waals surface area contributed by atoms with Crippen LogP contribution in [0, 0.1) is 0 Å². The number of ether oxygens (including phenoxy) is 3. The predicted molar refractivity (Wildman–Crippen MR) is 113 cm³/mol. The molecule has 4 rings (SSSR count). The molecule has 160 valence electrons. The van der Waals surface area contributed by atoms with Gasteiger partial charge in [0.25, 0.3) is 5.91 Å². The van der Waals surface area contributed by atoms with Crippen LogP contribution in [0.15, 0.2) is 41.4 Å². The van der Waals surface area contributed by atoms with Crippen molar-refractivity contribution in [1.29, 1.82) is 0 Å². The standard InChI is InChI=1S/C21H19N3O6S/c1-12(25)22-14-4-5-15-18(10-14)31-21(24(15)11-19(26)28-2)23-20(27)13-3-6-16-17(9-13)30-8-7-29-16/h3-6,9-10H,7-8,11H2,1-2H3,(H,22,25). The lowest BCUT2D eigenvalue weighted by molar-refractivity contribution is -0.141. The Bertz CT molecular complexity index is 1260. The van der Waals surface area contributed by atoms with Gasteiger partial charge in [0.05, 0.1) is 17.3 Å². The maximum Gasteiger partial charge on any atom is 0.325 e. The van der Waals surface area contributed by atoms with E-state index in [0.29, 0.717) is 46.3 Å². The molecule has 2 heterocycles. The van der Waals surface area contributed by atoms with Gasteiger partial charge in [-0.1, -0.05) is 11.3 Å². The maximum absolute atomic E-state index is 12.9. The second kappa shape index (κ2) is 8.60. The summed E-state index contributed by atoms with van der Waals surface area (Å²) < 4.78 is 18.2. The number of hydrogen-bond acceptors (Lipinski definition) is 7. The number of thiazole rings is 1. The summed E-state index contributed by atoms with van der Waals surface area (Å²) in [5.74, 6) is -0.0814. The van der Waals surface area contributed by atoms with Gasteiger partial charge in [-0.2, -0.15) is 4.99 Å². The van der Waals surface area contributed by atoms with Crippen molar-refractivity contribution in [2.45, 2.75) is 13.5 Å². The molecule has 1 N–H and O–H groups in total. The zero-order valence-corrected chi connectivity index (χ0v) is 17.7. The van der Waals surface area contributed by atoms with E-state index in [4.69, 9.17) is 14.2 Å². The molecule has 0 fully saturated rings. The van der Waals surface area contributed by atoms with Gasteiger partial charge < -0.3 is 24.1 Å². The number of carbonyl (C=O) groups excluding carboxylic acids is 3. The Labute approximate surface area is 180 Å². The van der Waals surface area contributed by atoms with Crippen LogP contribution in [0.2, 0.25) is 0 Å². The fourth-order valence-corrected chi connectivity index (χ4v) is 4.18. The number of aromatic nitrogens is 1. The molecule has 1 aliphatic heterocycles. The largest absolute Gasteiger partial charge is 0.486 e. The fraction of sp³-hybridized carbons (Fsp3) is 0.238. The molecule has 0 bridgehead atoms. The van der Waals surface area contributed by atoms with E-state index in [1.54, 1.807) is 41.0 Å². The van der Waals surface area contributed by atoms with Crippen molar-refractivity contribution in [3.8, 4) is 11.5 Å². The Balaban J connectivity index is 1.77. The number of fused-ring (bicyclic) bond motifs is 2. The normalized spacial score (nSPS) is 13.2. The van der Waals surface area contributed by atoms with Crippen LogP contribution in [0.3, 0.4) is 0 Å². The van der Waals surface area contributed by atoms with Crippen molar-refractivity contribution in [2.24, 2.45) is 4.99 Å². The lowest BCUT2D eigenvalue weighted by Crippen LogP contribution is -2.22. The molecule has 0 aliphatic carbocycles. The Morgan fingerprint density at radius 3 is 2.65 bits per heavy atom. The molecular weight excluding hydrogens is 422 g/mol. The van der Waals surface area contributed by atoms with Gasteiger partial charge in [0.15, 0.2) is 16.3 Å². The Hall–Kier alpha value is -3.66. The molecule has 10 heteroatoms. The highest BCUT2D eigenvalue weighted by molar-refractivity contribution is 7.16. The SMILES string of the molecule is COC(=O)Cn1c(=NC(=O)c2ccc3c(c2)OCCO3)sc2cc(NC(C)=O)ccc21. The monoisotopic (exact) mass is 441 g/mol. The second-order valence-corrected chi connectivity index (χ2v) is 7.70. The molecule has 0 atom stereocenters. The van der Waals surface area contributed by atoms with Crippen LogP contribution in [0.4, 0.5) is 5.69 Å². The number of amides is 2. The van der Waals surface area contributed by atoms with Crippen molar-refractivity contribution in [3.63, 3.8) is 0 Å². The van der Waals surface area contributed by atoms with E-state index in [0.717, 1.165) is 4.70 Å². The summed E-state index contributed by atoms with van der Waals surface area (Å²) in [6.45, 7) is 2.18. The van der Waals surface area contributed by atoms with Crippen molar-refractivity contribution >= 4 is 45.0 Å². The third kappa shape index (κ3) is 4.43. The van der Waals surface area contributed by atoms with E-state index in [9.17, 15) is 14.4 Å². The van der Waals surface area contributed by atoms with Crippen molar-refractivity contribution in [1.82, 2.24) is 4.57 Å². The minimum atomic E-state index is -0.482.